The molecule has 0 aliphatic carbocycles. The highest BCUT2D eigenvalue weighted by atomic mass is 16.4. The van der Waals surface area contributed by atoms with Gasteiger partial charge in [0.15, 0.2) is 0 Å². The summed E-state index contributed by atoms with van der Waals surface area (Å²) < 4.78 is 0. The van der Waals surface area contributed by atoms with Gasteiger partial charge in [-0.15, -0.1) is 0 Å². The van der Waals surface area contributed by atoms with Crippen molar-refractivity contribution >= 4 is 17.5 Å². The standard InChI is InChI=1S/C6H12O2.C5H8O2/c1-2-3-4-5-6(7)8;1-4(6)3-5(2)7/h2-5H2,1H3,(H,7,8);3H2,1-2H3. The smallest absolute Gasteiger partial charge is 0.303 e. The van der Waals surface area contributed by atoms with Gasteiger partial charge >= 0.3 is 5.97 Å². The van der Waals surface area contributed by atoms with Crippen molar-refractivity contribution in [2.75, 3.05) is 0 Å². The number of carbonyl (C=O) groups excluding carboxylic acids is 2. The average Bonchev–Trinajstić information content (AvgIpc) is 2.02. The molecule has 88 valence electrons. The third-order valence-electron chi connectivity index (χ3n) is 1.49. The number of aliphatic carboxylic acids is 1. The van der Waals surface area contributed by atoms with Crippen LogP contribution in [-0.2, 0) is 14.4 Å². The summed E-state index contributed by atoms with van der Waals surface area (Å²) in [6.07, 6.45) is 3.36. The first-order valence-electron chi connectivity index (χ1n) is 5.10. The summed E-state index contributed by atoms with van der Waals surface area (Å²) in [5, 5.41) is 8.14. The van der Waals surface area contributed by atoms with Crippen LogP contribution in [0.25, 0.3) is 0 Å². The van der Waals surface area contributed by atoms with E-state index in [4.69, 9.17) is 5.11 Å². The number of hydrogen-bond donors (Lipinski definition) is 1. The summed E-state index contributed by atoms with van der Waals surface area (Å²) in [4.78, 5) is 29.9. The molecule has 0 saturated heterocycles. The van der Waals surface area contributed by atoms with E-state index < -0.39 is 5.97 Å². The molecule has 0 fully saturated rings. The van der Waals surface area contributed by atoms with Gasteiger partial charge in [0.2, 0.25) is 0 Å². The fraction of sp³-hybridized carbons (Fsp3) is 0.727. The van der Waals surface area contributed by atoms with Crippen molar-refractivity contribution in [3.63, 3.8) is 0 Å². The van der Waals surface area contributed by atoms with Crippen molar-refractivity contribution in [1.82, 2.24) is 0 Å². The summed E-state index contributed by atoms with van der Waals surface area (Å²) >= 11 is 0. The van der Waals surface area contributed by atoms with Crippen molar-refractivity contribution in [3.8, 4) is 0 Å². The molecule has 4 heteroatoms. The van der Waals surface area contributed by atoms with Gasteiger partial charge in [-0.05, 0) is 20.3 Å². The number of carbonyl (C=O) groups is 3. The predicted molar refractivity (Wildman–Crippen MR) is 57.8 cm³/mol. The summed E-state index contributed by atoms with van der Waals surface area (Å²) in [7, 11) is 0. The molecular formula is C11H20O4. The number of carboxylic acids is 1. The second-order valence-electron chi connectivity index (χ2n) is 3.43. The summed E-state index contributed by atoms with van der Waals surface area (Å²) in [6.45, 7) is 4.87. The van der Waals surface area contributed by atoms with Crippen LogP contribution in [0.15, 0.2) is 0 Å². The highest BCUT2D eigenvalue weighted by molar-refractivity contribution is 5.96. The zero-order valence-electron chi connectivity index (χ0n) is 9.71. The van der Waals surface area contributed by atoms with E-state index in [9.17, 15) is 14.4 Å². The molecule has 0 saturated carbocycles. The lowest BCUT2D eigenvalue weighted by Gasteiger charge is -1.89. The molecule has 0 aliphatic heterocycles. The number of rotatable bonds is 6. The Labute approximate surface area is 90.7 Å². The van der Waals surface area contributed by atoms with Gasteiger partial charge in [0.05, 0.1) is 6.42 Å². The number of hydrogen-bond acceptors (Lipinski definition) is 3. The summed E-state index contributed by atoms with van der Waals surface area (Å²) in [5.41, 5.74) is 0. The molecule has 0 spiro atoms. The average molecular weight is 216 g/mol. The fourth-order valence-electron chi connectivity index (χ4n) is 0.877. The van der Waals surface area contributed by atoms with Crippen LogP contribution in [0.2, 0.25) is 0 Å². The van der Waals surface area contributed by atoms with Gasteiger partial charge in [-0.3, -0.25) is 14.4 Å². The Balaban J connectivity index is 0. The molecule has 0 aromatic carbocycles. The molecule has 4 nitrogen and oxygen atoms in total. The lowest BCUT2D eigenvalue weighted by atomic mass is 10.2. The molecule has 0 unspecified atom stereocenters. The first kappa shape index (κ1) is 16.2. The van der Waals surface area contributed by atoms with Crippen LogP contribution in [0.4, 0.5) is 0 Å². The molecule has 0 aromatic heterocycles. The largest absolute Gasteiger partial charge is 0.481 e. The molecule has 1 N–H and O–H groups in total. The molecule has 15 heavy (non-hydrogen) atoms. The van der Waals surface area contributed by atoms with Crippen LogP contribution in [0, 0.1) is 0 Å². The van der Waals surface area contributed by atoms with Crippen LogP contribution in [0.5, 0.6) is 0 Å². The lowest BCUT2D eigenvalue weighted by Crippen LogP contribution is -1.97. The maximum atomic E-state index is 10.0. The maximum absolute atomic E-state index is 10.0. The highest BCUT2D eigenvalue weighted by Gasteiger charge is 1.94. The van der Waals surface area contributed by atoms with E-state index in [2.05, 4.69) is 6.92 Å². The van der Waals surface area contributed by atoms with Crippen molar-refractivity contribution < 1.29 is 19.5 Å². The van der Waals surface area contributed by atoms with E-state index in [1.54, 1.807) is 0 Å². The predicted octanol–water partition coefficient (Wildman–Crippen LogP) is 2.21. The Bertz CT molecular complexity index is 197. The van der Waals surface area contributed by atoms with E-state index in [1.165, 1.54) is 13.8 Å². The van der Waals surface area contributed by atoms with Gasteiger partial charge in [-0.1, -0.05) is 19.8 Å². The third kappa shape index (κ3) is 24.5. The first-order valence-corrected chi connectivity index (χ1v) is 5.10. The van der Waals surface area contributed by atoms with Crippen LogP contribution in [-0.4, -0.2) is 22.6 Å². The Morgan fingerprint density at radius 1 is 1.00 bits per heavy atom. The number of unbranched alkanes of at least 4 members (excludes halogenated alkanes) is 2. The van der Waals surface area contributed by atoms with Gasteiger partial charge in [-0.2, -0.15) is 0 Å². The van der Waals surface area contributed by atoms with E-state index >= 15 is 0 Å². The second kappa shape index (κ2) is 10.9. The molecule has 0 amide bonds. The van der Waals surface area contributed by atoms with Gasteiger partial charge in [0.25, 0.3) is 0 Å². The van der Waals surface area contributed by atoms with Crippen LogP contribution in [0.3, 0.4) is 0 Å². The van der Waals surface area contributed by atoms with Crippen LogP contribution >= 0.6 is 0 Å². The maximum Gasteiger partial charge on any atom is 0.303 e. The molecule has 0 atom stereocenters. The first-order chi connectivity index (χ1) is 6.90. The molecule has 0 radical (unpaired) electrons. The zero-order valence-corrected chi connectivity index (χ0v) is 9.71. The van der Waals surface area contributed by atoms with Crippen molar-refractivity contribution in [2.24, 2.45) is 0 Å². The quantitative estimate of drug-likeness (QED) is 0.545. The minimum absolute atomic E-state index is 0.0625. The van der Waals surface area contributed by atoms with Crippen LogP contribution < -0.4 is 0 Å². The summed E-state index contributed by atoms with van der Waals surface area (Å²) in [5.74, 6) is -0.807. The fourth-order valence-corrected chi connectivity index (χ4v) is 0.877. The van der Waals surface area contributed by atoms with E-state index in [0.717, 1.165) is 19.3 Å². The Kier molecular flexibility index (Phi) is 11.8. The molecule has 0 bridgehead atoms. The molecular weight excluding hydrogens is 196 g/mol. The Hall–Kier alpha value is -1.19. The van der Waals surface area contributed by atoms with Crippen molar-refractivity contribution in [2.45, 2.75) is 52.9 Å². The van der Waals surface area contributed by atoms with Gasteiger partial charge < -0.3 is 5.11 Å². The van der Waals surface area contributed by atoms with Gasteiger partial charge in [0.1, 0.15) is 11.6 Å². The molecule has 0 aliphatic rings. The Morgan fingerprint density at radius 2 is 1.47 bits per heavy atom. The number of ketones is 2. The highest BCUT2D eigenvalue weighted by Crippen LogP contribution is 1.97. The van der Waals surface area contributed by atoms with E-state index in [1.807, 2.05) is 0 Å². The Morgan fingerprint density at radius 3 is 1.67 bits per heavy atom. The molecule has 0 heterocycles. The number of carboxylic acid groups (broad SMARTS) is 1. The normalized spacial score (nSPS) is 8.73. The minimum atomic E-state index is -0.682. The zero-order chi connectivity index (χ0) is 12.3. The second-order valence-corrected chi connectivity index (χ2v) is 3.43. The van der Waals surface area contributed by atoms with Crippen molar-refractivity contribution in [1.29, 1.82) is 0 Å². The number of Topliss-reactive ketones (excluding diaryl/α,β-unsaturated/α-hetero) is 2. The van der Waals surface area contributed by atoms with Crippen molar-refractivity contribution in [3.05, 3.63) is 0 Å². The molecule has 0 rings (SSSR count). The van der Waals surface area contributed by atoms with Crippen LogP contribution in [0.1, 0.15) is 52.9 Å². The van der Waals surface area contributed by atoms with Gasteiger partial charge in [0, 0.05) is 6.42 Å². The van der Waals surface area contributed by atoms with E-state index in [-0.39, 0.29) is 18.0 Å². The minimum Gasteiger partial charge on any atom is -0.481 e. The third-order valence-corrected chi connectivity index (χ3v) is 1.49. The topological polar surface area (TPSA) is 71.4 Å². The summed E-state index contributed by atoms with van der Waals surface area (Å²) in [6, 6.07) is 0. The molecule has 0 aromatic rings. The SMILES string of the molecule is CC(=O)CC(C)=O.CCCCCC(=O)O. The lowest BCUT2D eigenvalue weighted by molar-refractivity contribution is -0.137. The van der Waals surface area contributed by atoms with Gasteiger partial charge in [-0.25, -0.2) is 0 Å². The monoisotopic (exact) mass is 216 g/mol. The van der Waals surface area contributed by atoms with E-state index in [0.29, 0.717) is 6.42 Å².